The zero-order valence-electron chi connectivity index (χ0n) is 18.2. The molecule has 1 N–H and O–H groups in total. The Morgan fingerprint density at radius 1 is 1.06 bits per heavy atom. The number of nitrogens with zero attached hydrogens (tertiary/aromatic N) is 4. The molecule has 0 aliphatic carbocycles. The topological polar surface area (TPSA) is 91.8 Å². The highest BCUT2D eigenvalue weighted by Gasteiger charge is 2.33. The highest BCUT2D eigenvalue weighted by molar-refractivity contribution is 7.71. The minimum Gasteiger partial charge on any atom is -0.356 e. The molecule has 2 aromatic carbocycles. The molecule has 7 nitrogen and oxygen atoms in total. The molecule has 4 aromatic rings. The van der Waals surface area contributed by atoms with Gasteiger partial charge < -0.3 is 9.46 Å². The predicted molar refractivity (Wildman–Crippen MR) is 128 cm³/mol. The van der Waals surface area contributed by atoms with Crippen molar-refractivity contribution in [1.29, 1.82) is 0 Å². The highest BCUT2D eigenvalue weighted by atomic mass is 31.2. The van der Waals surface area contributed by atoms with E-state index in [4.69, 9.17) is 0 Å². The van der Waals surface area contributed by atoms with E-state index in [1.54, 1.807) is 24.3 Å². The molecule has 0 bridgehead atoms. The number of aryl methyl sites for hydroxylation is 1. The van der Waals surface area contributed by atoms with Crippen LogP contribution in [0.4, 0.5) is 10.2 Å². The third-order valence-corrected chi connectivity index (χ3v) is 9.24. The van der Waals surface area contributed by atoms with Crippen LogP contribution in [0.15, 0.2) is 59.7 Å². The molecule has 2 aromatic heterocycles. The lowest BCUT2D eigenvalue weighted by atomic mass is 10.0. The third kappa shape index (κ3) is 4.18. The predicted octanol–water partition coefficient (Wildman–Crippen LogP) is 3.26. The second-order valence-electron chi connectivity index (χ2n) is 8.35. The van der Waals surface area contributed by atoms with Crippen LogP contribution in [0.2, 0.25) is 0 Å². The van der Waals surface area contributed by atoms with Crippen LogP contribution in [-0.4, -0.2) is 45.6 Å². The van der Waals surface area contributed by atoms with Crippen molar-refractivity contribution in [2.75, 3.05) is 30.3 Å². The van der Waals surface area contributed by atoms with Crippen LogP contribution in [-0.2, 0) is 11.0 Å². The van der Waals surface area contributed by atoms with Gasteiger partial charge in [0.25, 0.3) is 5.56 Å². The number of aromatic nitrogens is 4. The van der Waals surface area contributed by atoms with E-state index in [1.807, 2.05) is 25.1 Å². The van der Waals surface area contributed by atoms with E-state index in [0.29, 0.717) is 48.2 Å². The van der Waals surface area contributed by atoms with Crippen molar-refractivity contribution in [3.63, 3.8) is 0 Å². The van der Waals surface area contributed by atoms with Crippen molar-refractivity contribution in [1.82, 2.24) is 20.2 Å². The number of aromatic amines is 1. The number of nitrogens with one attached hydrogen (secondary N) is 1. The fourth-order valence-electron chi connectivity index (χ4n) is 4.35. The van der Waals surface area contributed by atoms with Gasteiger partial charge >= 0.3 is 0 Å². The average Bonchev–Trinajstić information content (AvgIpc) is 2.82. The summed E-state index contributed by atoms with van der Waals surface area (Å²) < 4.78 is 28.6. The van der Waals surface area contributed by atoms with Crippen molar-refractivity contribution in [2.45, 2.75) is 13.3 Å². The van der Waals surface area contributed by atoms with Gasteiger partial charge in [-0.25, -0.2) is 19.5 Å². The monoisotopic (exact) mass is 463 g/mol. The molecule has 0 spiro atoms. The molecular weight excluding hydrogens is 440 g/mol. The van der Waals surface area contributed by atoms with Crippen LogP contribution >= 0.6 is 7.14 Å². The van der Waals surface area contributed by atoms with E-state index in [-0.39, 0.29) is 5.56 Å². The van der Waals surface area contributed by atoms with E-state index in [2.05, 4.69) is 25.1 Å². The smallest absolute Gasteiger partial charge is 0.272 e. The number of benzene rings is 2. The molecule has 1 aliphatic heterocycles. The number of fused-ring (bicyclic) bond motifs is 1. The first-order chi connectivity index (χ1) is 15.9. The van der Waals surface area contributed by atoms with Crippen molar-refractivity contribution >= 4 is 29.0 Å². The standard InChI is InChI=1S/C24H23FN5O2P/c1-16-12-23(27-15-26-16)30-8-10-33(32,11-9-30)22-14-17(6-7-20(22)25)13-21-18-4-2-3-5-19(18)24(31)29-28-21/h2-7,12,14-15H,8-11,13H2,1H3,(H,29,31). The molecule has 1 aliphatic rings. The summed E-state index contributed by atoms with van der Waals surface area (Å²) in [6.45, 7) is 2.99. The van der Waals surface area contributed by atoms with Gasteiger partial charge in [0.15, 0.2) is 0 Å². The van der Waals surface area contributed by atoms with E-state index in [0.717, 1.165) is 22.5 Å². The molecular formula is C24H23FN5O2P. The Morgan fingerprint density at radius 3 is 2.58 bits per heavy atom. The van der Waals surface area contributed by atoms with Gasteiger partial charge in [0, 0.05) is 54.3 Å². The van der Waals surface area contributed by atoms with Gasteiger partial charge in [0.2, 0.25) is 0 Å². The van der Waals surface area contributed by atoms with Gasteiger partial charge in [0.1, 0.15) is 25.1 Å². The maximum absolute atomic E-state index is 14.8. The fraction of sp³-hybridized carbons (Fsp3) is 0.250. The Labute approximate surface area is 190 Å². The number of anilines is 1. The summed E-state index contributed by atoms with van der Waals surface area (Å²) in [6.07, 6.45) is 2.69. The van der Waals surface area contributed by atoms with Crippen molar-refractivity contribution in [3.8, 4) is 0 Å². The van der Waals surface area contributed by atoms with Crippen LogP contribution in [0.3, 0.4) is 0 Å². The quantitative estimate of drug-likeness (QED) is 0.467. The SMILES string of the molecule is Cc1cc(N2CCP(=O)(c3cc(Cc4n[nH]c(=O)c5ccccc45)ccc3F)CC2)ncn1. The summed E-state index contributed by atoms with van der Waals surface area (Å²) in [5, 5.41) is 8.36. The van der Waals surface area contributed by atoms with Crippen molar-refractivity contribution in [3.05, 3.63) is 88.0 Å². The molecule has 5 rings (SSSR count). The van der Waals surface area contributed by atoms with Gasteiger partial charge in [-0.1, -0.05) is 24.3 Å². The summed E-state index contributed by atoms with van der Waals surface area (Å²) in [7, 11) is -2.90. The summed E-state index contributed by atoms with van der Waals surface area (Å²) in [5.41, 5.74) is 2.12. The molecule has 9 heteroatoms. The molecule has 0 atom stereocenters. The van der Waals surface area contributed by atoms with E-state index in [9.17, 15) is 13.8 Å². The Hall–Kier alpha value is -3.38. The van der Waals surface area contributed by atoms with Gasteiger partial charge in [-0.05, 0) is 30.7 Å². The number of hydrogen-bond acceptors (Lipinski definition) is 6. The number of halogens is 1. The number of H-pyrrole nitrogens is 1. The van der Waals surface area contributed by atoms with Gasteiger partial charge in [-0.3, -0.25) is 4.79 Å². The zero-order valence-corrected chi connectivity index (χ0v) is 19.1. The van der Waals surface area contributed by atoms with Gasteiger partial charge in [-0.2, -0.15) is 5.10 Å². The maximum Gasteiger partial charge on any atom is 0.272 e. The largest absolute Gasteiger partial charge is 0.356 e. The highest BCUT2D eigenvalue weighted by Crippen LogP contribution is 2.47. The van der Waals surface area contributed by atoms with Crippen molar-refractivity contribution in [2.24, 2.45) is 0 Å². The maximum atomic E-state index is 14.8. The van der Waals surface area contributed by atoms with E-state index >= 15 is 0 Å². The minimum absolute atomic E-state index is 0.246. The summed E-state index contributed by atoms with van der Waals surface area (Å²) in [5.74, 6) is 0.367. The zero-order chi connectivity index (χ0) is 23.0. The second kappa shape index (κ2) is 8.52. The second-order valence-corrected chi connectivity index (χ2v) is 11.5. The minimum atomic E-state index is -2.90. The Bertz CT molecular complexity index is 1440. The van der Waals surface area contributed by atoms with Crippen LogP contribution in [0.1, 0.15) is 17.0 Å². The van der Waals surface area contributed by atoms with Crippen LogP contribution in [0.25, 0.3) is 10.8 Å². The lowest BCUT2D eigenvalue weighted by Gasteiger charge is -2.33. The molecule has 168 valence electrons. The Morgan fingerprint density at radius 2 is 1.82 bits per heavy atom. The molecule has 33 heavy (non-hydrogen) atoms. The van der Waals surface area contributed by atoms with Crippen LogP contribution < -0.4 is 15.8 Å². The summed E-state index contributed by atoms with van der Waals surface area (Å²) in [4.78, 5) is 22.6. The first-order valence-electron chi connectivity index (χ1n) is 10.8. The Balaban J connectivity index is 1.41. The van der Waals surface area contributed by atoms with E-state index in [1.165, 1.54) is 12.4 Å². The molecule has 1 fully saturated rings. The average molecular weight is 463 g/mol. The van der Waals surface area contributed by atoms with Gasteiger partial charge in [-0.15, -0.1) is 0 Å². The van der Waals surface area contributed by atoms with Crippen LogP contribution in [0.5, 0.6) is 0 Å². The first-order valence-corrected chi connectivity index (χ1v) is 12.9. The normalized spacial score (nSPS) is 15.6. The van der Waals surface area contributed by atoms with E-state index < -0.39 is 13.0 Å². The molecule has 1 saturated heterocycles. The fourth-order valence-corrected chi connectivity index (χ4v) is 7.05. The van der Waals surface area contributed by atoms with Crippen LogP contribution in [0, 0.1) is 12.7 Å². The first kappa shape index (κ1) is 21.5. The molecule has 0 unspecified atom stereocenters. The number of hydrogen-bond donors (Lipinski definition) is 1. The molecule has 3 heterocycles. The summed E-state index contributed by atoms with van der Waals surface area (Å²) in [6, 6.07) is 13.9. The van der Waals surface area contributed by atoms with Gasteiger partial charge in [0.05, 0.1) is 11.1 Å². The lowest BCUT2D eigenvalue weighted by Crippen LogP contribution is -2.38. The molecule has 0 amide bonds. The molecule has 0 radical (unpaired) electrons. The van der Waals surface area contributed by atoms with Crippen molar-refractivity contribution < 1.29 is 8.96 Å². The molecule has 0 saturated carbocycles. The third-order valence-electron chi connectivity index (χ3n) is 6.17. The Kier molecular flexibility index (Phi) is 5.54. The lowest BCUT2D eigenvalue weighted by molar-refractivity contribution is 0.571. The summed E-state index contributed by atoms with van der Waals surface area (Å²) >= 11 is 0. The number of rotatable bonds is 4.